The number of carboxylic acid groups (broad SMARTS) is 1. The smallest absolute Gasteiger partial charge is 0.335 e. The molecule has 17 nitrogen and oxygen atoms in total. The largest absolute Gasteiger partial charge is 0.479 e. The van der Waals surface area contributed by atoms with Crippen LogP contribution in [0.2, 0.25) is 0 Å². The minimum atomic E-state index is -2.09. The second-order valence-corrected chi connectivity index (χ2v) is 7.44. The van der Waals surface area contributed by atoms with Crippen LogP contribution in [-0.2, 0) is 14.3 Å². The number of aliphatic hydroxyl groups is 7. The molecule has 0 saturated carbocycles. The predicted octanol–water partition coefficient (Wildman–Crippen LogP) is -5.68. The minimum absolute atomic E-state index is 0.182. The standard InChI is InChI=1S/C17H23N5O12/c18-17-21-13-5(14(30)22-17)20-3(1-19-13)6(25)11(7(26)4(24)2-23)33-16-10(29)8(27)9(28)12(34-16)15(31)32/h1,4,6-12,16,23-29H,2H2,(H,31,32)(H3,18,19,21,22,30)/t4-,6-,7-,8+,9+,10-,11+,12+,16-/m1/s1. The summed E-state index contributed by atoms with van der Waals surface area (Å²) in [5, 5.41) is 79.4. The minimum Gasteiger partial charge on any atom is -0.479 e. The molecule has 11 N–H and O–H groups in total. The number of rotatable bonds is 8. The number of aromatic nitrogens is 4. The number of carboxylic acids is 1. The molecule has 0 bridgehead atoms. The first-order chi connectivity index (χ1) is 16.0. The summed E-state index contributed by atoms with van der Waals surface area (Å²) < 4.78 is 10.3. The highest BCUT2D eigenvalue weighted by atomic mass is 16.7. The van der Waals surface area contributed by atoms with Gasteiger partial charge in [-0.05, 0) is 0 Å². The van der Waals surface area contributed by atoms with E-state index in [9.17, 15) is 45.3 Å². The second kappa shape index (κ2) is 10.2. The third kappa shape index (κ3) is 4.97. The molecule has 1 aliphatic heterocycles. The van der Waals surface area contributed by atoms with E-state index in [1.54, 1.807) is 0 Å². The van der Waals surface area contributed by atoms with Gasteiger partial charge in [0.15, 0.2) is 23.6 Å². The van der Waals surface area contributed by atoms with E-state index < -0.39 is 79.0 Å². The van der Waals surface area contributed by atoms with Crippen molar-refractivity contribution in [2.45, 2.75) is 55.1 Å². The normalized spacial score (nSPS) is 28.9. The molecule has 0 radical (unpaired) electrons. The maximum atomic E-state index is 12.1. The molecule has 2 aromatic heterocycles. The number of aromatic amines is 1. The molecule has 0 spiro atoms. The summed E-state index contributed by atoms with van der Waals surface area (Å²) in [5.74, 6) is -1.97. The molecule has 3 rings (SSSR count). The summed E-state index contributed by atoms with van der Waals surface area (Å²) in [6.07, 6.45) is -17.3. The Morgan fingerprint density at radius 3 is 2.47 bits per heavy atom. The lowest BCUT2D eigenvalue weighted by atomic mass is 9.97. The van der Waals surface area contributed by atoms with E-state index >= 15 is 0 Å². The number of aliphatic carboxylic acids is 1. The fourth-order valence-corrected chi connectivity index (χ4v) is 3.25. The lowest BCUT2D eigenvalue weighted by Gasteiger charge is -2.41. The number of nitrogens with two attached hydrogens (primary N) is 1. The van der Waals surface area contributed by atoms with Crippen molar-refractivity contribution in [3.63, 3.8) is 0 Å². The van der Waals surface area contributed by atoms with E-state index in [1.807, 2.05) is 0 Å². The molecule has 1 aliphatic rings. The van der Waals surface area contributed by atoms with Gasteiger partial charge in [0.1, 0.15) is 42.7 Å². The van der Waals surface area contributed by atoms with E-state index in [4.69, 9.17) is 20.3 Å². The maximum absolute atomic E-state index is 12.1. The molecular formula is C17H23N5O12. The molecule has 1 saturated heterocycles. The zero-order valence-corrected chi connectivity index (χ0v) is 17.1. The molecule has 1 fully saturated rings. The summed E-state index contributed by atoms with van der Waals surface area (Å²) in [5.41, 5.74) is 3.66. The zero-order chi connectivity index (χ0) is 25.3. The number of nitrogen functional groups attached to an aromatic ring is 1. The molecule has 2 aromatic rings. The van der Waals surface area contributed by atoms with Gasteiger partial charge in [0, 0.05) is 0 Å². The van der Waals surface area contributed by atoms with Crippen LogP contribution in [0.1, 0.15) is 11.8 Å². The summed E-state index contributed by atoms with van der Waals surface area (Å²) in [6, 6.07) is 0. The van der Waals surface area contributed by atoms with Gasteiger partial charge < -0.3 is 56.1 Å². The van der Waals surface area contributed by atoms with Gasteiger partial charge in [0.2, 0.25) is 5.95 Å². The maximum Gasteiger partial charge on any atom is 0.335 e. The number of hydrogen-bond acceptors (Lipinski definition) is 15. The fourth-order valence-electron chi connectivity index (χ4n) is 3.25. The van der Waals surface area contributed by atoms with Gasteiger partial charge in [-0.2, -0.15) is 4.98 Å². The van der Waals surface area contributed by atoms with E-state index in [0.717, 1.165) is 6.20 Å². The van der Waals surface area contributed by atoms with Crippen LogP contribution in [0.4, 0.5) is 5.95 Å². The highest BCUT2D eigenvalue weighted by molar-refractivity contribution is 5.73. The lowest BCUT2D eigenvalue weighted by molar-refractivity contribution is -0.321. The van der Waals surface area contributed by atoms with Crippen LogP contribution in [0.5, 0.6) is 0 Å². The van der Waals surface area contributed by atoms with Crippen molar-refractivity contribution in [1.29, 1.82) is 0 Å². The third-order valence-corrected chi connectivity index (χ3v) is 5.09. The predicted molar refractivity (Wildman–Crippen MR) is 106 cm³/mol. The molecular weight excluding hydrogens is 466 g/mol. The number of aliphatic hydroxyl groups excluding tert-OH is 7. The van der Waals surface area contributed by atoms with Crippen LogP contribution in [-0.4, -0.2) is 122 Å². The van der Waals surface area contributed by atoms with Crippen molar-refractivity contribution in [3.05, 3.63) is 22.2 Å². The average molecular weight is 489 g/mol. The Hall–Kier alpha value is -2.87. The molecule has 0 unspecified atom stereocenters. The molecule has 3 heterocycles. The summed E-state index contributed by atoms with van der Waals surface area (Å²) in [6.45, 7) is -1.01. The van der Waals surface area contributed by atoms with Gasteiger partial charge in [0.05, 0.1) is 18.5 Å². The van der Waals surface area contributed by atoms with E-state index in [-0.39, 0.29) is 17.1 Å². The second-order valence-electron chi connectivity index (χ2n) is 7.44. The van der Waals surface area contributed by atoms with Gasteiger partial charge in [-0.15, -0.1) is 0 Å². The molecule has 34 heavy (non-hydrogen) atoms. The molecule has 17 heteroatoms. The molecule has 0 amide bonds. The highest BCUT2D eigenvalue weighted by Crippen LogP contribution is 2.29. The Morgan fingerprint density at radius 2 is 1.85 bits per heavy atom. The molecule has 0 aliphatic carbocycles. The van der Waals surface area contributed by atoms with E-state index in [0.29, 0.717) is 0 Å². The Kier molecular flexibility index (Phi) is 7.70. The Labute approximate surface area is 188 Å². The summed E-state index contributed by atoms with van der Waals surface area (Å²) >= 11 is 0. The van der Waals surface area contributed by atoms with Gasteiger partial charge in [-0.1, -0.05) is 0 Å². The lowest BCUT2D eigenvalue weighted by Crippen LogP contribution is -2.62. The number of nitrogens with one attached hydrogen (secondary N) is 1. The summed E-state index contributed by atoms with van der Waals surface area (Å²) in [4.78, 5) is 37.0. The third-order valence-electron chi connectivity index (χ3n) is 5.09. The monoisotopic (exact) mass is 489 g/mol. The van der Waals surface area contributed by atoms with E-state index in [1.165, 1.54) is 0 Å². The van der Waals surface area contributed by atoms with Gasteiger partial charge in [-0.25, -0.2) is 14.8 Å². The molecule has 188 valence electrons. The average Bonchev–Trinajstić information content (AvgIpc) is 2.80. The van der Waals surface area contributed by atoms with Crippen LogP contribution in [0.15, 0.2) is 11.0 Å². The fraction of sp³-hybridized carbons (Fsp3) is 0.588. The van der Waals surface area contributed by atoms with Crippen molar-refractivity contribution in [2.24, 2.45) is 0 Å². The number of hydrogen-bond donors (Lipinski definition) is 10. The number of anilines is 1. The van der Waals surface area contributed by atoms with Crippen molar-refractivity contribution in [1.82, 2.24) is 19.9 Å². The van der Waals surface area contributed by atoms with Crippen molar-refractivity contribution in [2.75, 3.05) is 12.3 Å². The first-order valence-electron chi connectivity index (χ1n) is 9.71. The Morgan fingerprint density at radius 1 is 1.18 bits per heavy atom. The number of fused-ring (bicyclic) bond motifs is 1. The van der Waals surface area contributed by atoms with E-state index in [2.05, 4.69) is 19.9 Å². The van der Waals surface area contributed by atoms with Crippen LogP contribution in [0.3, 0.4) is 0 Å². The number of ether oxygens (including phenoxy) is 2. The number of carbonyl (C=O) groups is 1. The Bertz CT molecular complexity index is 1080. The van der Waals surface area contributed by atoms with Crippen LogP contribution >= 0.6 is 0 Å². The van der Waals surface area contributed by atoms with Crippen molar-refractivity contribution >= 4 is 23.1 Å². The van der Waals surface area contributed by atoms with Crippen LogP contribution in [0, 0.1) is 0 Å². The summed E-state index contributed by atoms with van der Waals surface area (Å²) in [7, 11) is 0. The first-order valence-corrected chi connectivity index (χ1v) is 9.71. The molecule has 0 aromatic carbocycles. The van der Waals surface area contributed by atoms with Gasteiger partial charge in [-0.3, -0.25) is 9.78 Å². The van der Waals surface area contributed by atoms with Gasteiger partial charge >= 0.3 is 5.97 Å². The number of H-pyrrole nitrogens is 1. The van der Waals surface area contributed by atoms with Gasteiger partial charge in [0.25, 0.3) is 5.56 Å². The topological polar surface area (TPSA) is 295 Å². The van der Waals surface area contributed by atoms with Crippen molar-refractivity contribution in [3.8, 4) is 0 Å². The SMILES string of the molecule is Nc1nc2ncc([C@@H](O)[C@H](O[C@@H]3O[C@H](C(=O)O)[C@@H](O)[C@H](O)[C@H]3O)[C@H](O)[C@H](O)CO)nc2c(=O)[nH]1. The van der Waals surface area contributed by atoms with Crippen LogP contribution < -0.4 is 11.3 Å². The van der Waals surface area contributed by atoms with Crippen molar-refractivity contribution < 1.29 is 55.1 Å². The highest BCUT2D eigenvalue weighted by Gasteiger charge is 2.49. The quantitative estimate of drug-likeness (QED) is 0.165. The number of nitrogens with zero attached hydrogens (tertiary/aromatic N) is 3. The Balaban J connectivity index is 1.97. The molecule has 9 atom stereocenters. The van der Waals surface area contributed by atoms with Crippen LogP contribution in [0.25, 0.3) is 11.2 Å². The zero-order valence-electron chi connectivity index (χ0n) is 17.1. The first kappa shape index (κ1) is 25.7.